The molecule has 3 aromatic rings. The van der Waals surface area contributed by atoms with Gasteiger partial charge in [0.1, 0.15) is 5.69 Å². The molecule has 0 aliphatic rings. The Kier molecular flexibility index (Phi) is 4.37. The van der Waals surface area contributed by atoms with Crippen molar-refractivity contribution in [3.63, 3.8) is 0 Å². The lowest BCUT2D eigenvalue weighted by Gasteiger charge is -2.12. The molecular formula is C18H19N5O. The summed E-state index contributed by atoms with van der Waals surface area (Å²) in [6, 6.07) is 13.2. The van der Waals surface area contributed by atoms with Crippen molar-refractivity contribution >= 4 is 22.8 Å². The average Bonchev–Trinajstić information content (AvgIpc) is 2.58. The largest absolute Gasteiger partial charge is 0.347 e. The summed E-state index contributed by atoms with van der Waals surface area (Å²) in [5, 5.41) is 3.87. The van der Waals surface area contributed by atoms with Crippen LogP contribution in [0.15, 0.2) is 42.5 Å². The molecule has 0 unspecified atom stereocenters. The number of rotatable bonds is 4. The van der Waals surface area contributed by atoms with E-state index in [-0.39, 0.29) is 5.91 Å². The van der Waals surface area contributed by atoms with Crippen LogP contribution in [0.4, 0.5) is 5.95 Å². The van der Waals surface area contributed by atoms with Gasteiger partial charge in [-0.3, -0.25) is 4.79 Å². The van der Waals surface area contributed by atoms with E-state index >= 15 is 0 Å². The molecule has 122 valence electrons. The van der Waals surface area contributed by atoms with Crippen molar-refractivity contribution in [2.75, 3.05) is 19.0 Å². The molecule has 2 heterocycles. The van der Waals surface area contributed by atoms with Crippen LogP contribution in [0.1, 0.15) is 21.9 Å². The summed E-state index contributed by atoms with van der Waals surface area (Å²) in [6.45, 7) is 2.24. The van der Waals surface area contributed by atoms with E-state index in [4.69, 9.17) is 0 Å². The maximum absolute atomic E-state index is 12.3. The number of nitrogens with one attached hydrogen (secondary N) is 1. The standard InChI is InChI=1S/C18H19N5O/c1-12-10-14(21-18(20-12)23(2)3)11-19-17(24)16-9-8-13-6-4-5-7-15(13)22-16/h4-10H,11H2,1-3H3,(H,19,24). The molecule has 0 bridgehead atoms. The Hall–Kier alpha value is -3.02. The van der Waals surface area contributed by atoms with Crippen LogP contribution in [0.2, 0.25) is 0 Å². The van der Waals surface area contributed by atoms with Crippen molar-refractivity contribution in [3.05, 3.63) is 59.5 Å². The molecule has 0 saturated heterocycles. The Balaban J connectivity index is 1.75. The lowest BCUT2D eigenvalue weighted by Crippen LogP contribution is -2.25. The molecule has 0 radical (unpaired) electrons. The number of aromatic nitrogens is 3. The van der Waals surface area contributed by atoms with E-state index in [0.29, 0.717) is 18.2 Å². The molecule has 1 N–H and O–H groups in total. The maximum atomic E-state index is 12.3. The van der Waals surface area contributed by atoms with Gasteiger partial charge in [0.2, 0.25) is 5.95 Å². The predicted molar refractivity (Wildman–Crippen MR) is 94.0 cm³/mol. The normalized spacial score (nSPS) is 10.6. The summed E-state index contributed by atoms with van der Waals surface area (Å²) >= 11 is 0. The van der Waals surface area contributed by atoms with Crippen LogP contribution >= 0.6 is 0 Å². The Bertz CT molecular complexity index is 891. The molecule has 0 spiro atoms. The predicted octanol–water partition coefficient (Wildman–Crippen LogP) is 2.33. The van der Waals surface area contributed by atoms with Crippen molar-refractivity contribution in [2.24, 2.45) is 0 Å². The summed E-state index contributed by atoms with van der Waals surface area (Å²) in [5.41, 5.74) is 2.83. The second-order valence-electron chi connectivity index (χ2n) is 5.77. The van der Waals surface area contributed by atoms with Gasteiger partial charge in [0, 0.05) is 25.2 Å². The highest BCUT2D eigenvalue weighted by Gasteiger charge is 2.10. The first-order chi connectivity index (χ1) is 11.5. The van der Waals surface area contributed by atoms with Crippen LogP contribution in [-0.2, 0) is 6.54 Å². The maximum Gasteiger partial charge on any atom is 0.270 e. The van der Waals surface area contributed by atoms with Gasteiger partial charge in [-0.1, -0.05) is 24.3 Å². The number of nitrogens with zero attached hydrogens (tertiary/aromatic N) is 4. The van der Waals surface area contributed by atoms with Gasteiger partial charge in [0.15, 0.2) is 0 Å². The lowest BCUT2D eigenvalue weighted by atomic mass is 10.2. The summed E-state index contributed by atoms with van der Waals surface area (Å²) in [6.07, 6.45) is 0. The fraction of sp³-hybridized carbons (Fsp3) is 0.222. The monoisotopic (exact) mass is 321 g/mol. The molecule has 0 fully saturated rings. The Labute approximate surface area is 140 Å². The van der Waals surface area contributed by atoms with Crippen molar-refractivity contribution in [3.8, 4) is 0 Å². The van der Waals surface area contributed by atoms with Gasteiger partial charge in [-0.2, -0.15) is 0 Å². The highest BCUT2D eigenvalue weighted by molar-refractivity contribution is 5.94. The third kappa shape index (κ3) is 3.48. The van der Waals surface area contributed by atoms with E-state index in [1.807, 2.05) is 62.3 Å². The number of amides is 1. The lowest BCUT2D eigenvalue weighted by molar-refractivity contribution is 0.0946. The molecule has 6 nitrogen and oxygen atoms in total. The zero-order chi connectivity index (χ0) is 17.1. The second-order valence-corrected chi connectivity index (χ2v) is 5.77. The topological polar surface area (TPSA) is 71.0 Å². The van der Waals surface area contributed by atoms with E-state index in [9.17, 15) is 4.79 Å². The number of para-hydroxylation sites is 1. The SMILES string of the molecule is Cc1cc(CNC(=O)c2ccc3ccccc3n2)nc(N(C)C)n1. The van der Waals surface area contributed by atoms with Gasteiger partial charge in [0.05, 0.1) is 17.8 Å². The van der Waals surface area contributed by atoms with E-state index in [1.165, 1.54) is 0 Å². The Morgan fingerprint density at radius 3 is 2.67 bits per heavy atom. The highest BCUT2D eigenvalue weighted by atomic mass is 16.1. The molecule has 1 aromatic carbocycles. The zero-order valence-corrected chi connectivity index (χ0v) is 13.9. The molecule has 0 atom stereocenters. The molecular weight excluding hydrogens is 302 g/mol. The first-order valence-electron chi connectivity index (χ1n) is 7.69. The average molecular weight is 321 g/mol. The number of carbonyl (C=O) groups excluding carboxylic acids is 1. The van der Waals surface area contributed by atoms with E-state index in [0.717, 1.165) is 22.3 Å². The first kappa shape index (κ1) is 15.9. The number of hydrogen-bond acceptors (Lipinski definition) is 5. The van der Waals surface area contributed by atoms with Gasteiger partial charge >= 0.3 is 0 Å². The van der Waals surface area contributed by atoms with Crippen LogP contribution in [0.3, 0.4) is 0 Å². The second kappa shape index (κ2) is 6.62. The smallest absolute Gasteiger partial charge is 0.270 e. The number of pyridine rings is 1. The molecule has 2 aromatic heterocycles. The molecule has 0 aliphatic carbocycles. The van der Waals surface area contributed by atoms with Gasteiger partial charge < -0.3 is 10.2 Å². The van der Waals surface area contributed by atoms with Crippen LogP contribution < -0.4 is 10.2 Å². The van der Waals surface area contributed by atoms with Crippen molar-refractivity contribution in [1.82, 2.24) is 20.3 Å². The van der Waals surface area contributed by atoms with E-state index < -0.39 is 0 Å². The molecule has 1 amide bonds. The van der Waals surface area contributed by atoms with Gasteiger partial charge in [-0.15, -0.1) is 0 Å². The van der Waals surface area contributed by atoms with Gasteiger partial charge in [-0.25, -0.2) is 15.0 Å². The summed E-state index contributed by atoms with van der Waals surface area (Å²) < 4.78 is 0. The van der Waals surface area contributed by atoms with E-state index in [1.54, 1.807) is 6.07 Å². The fourth-order valence-corrected chi connectivity index (χ4v) is 2.36. The van der Waals surface area contributed by atoms with Crippen LogP contribution in [0.25, 0.3) is 10.9 Å². The number of fused-ring (bicyclic) bond motifs is 1. The highest BCUT2D eigenvalue weighted by Crippen LogP contribution is 2.12. The number of hydrogen-bond donors (Lipinski definition) is 1. The quantitative estimate of drug-likeness (QED) is 0.798. The molecule has 24 heavy (non-hydrogen) atoms. The number of aryl methyl sites for hydroxylation is 1. The molecule has 3 rings (SSSR count). The number of anilines is 1. The third-order valence-corrected chi connectivity index (χ3v) is 3.56. The number of carbonyl (C=O) groups is 1. The minimum absolute atomic E-state index is 0.219. The van der Waals surface area contributed by atoms with Crippen LogP contribution in [-0.4, -0.2) is 35.0 Å². The van der Waals surface area contributed by atoms with Crippen LogP contribution in [0, 0.1) is 6.92 Å². The summed E-state index contributed by atoms with van der Waals surface area (Å²) in [4.78, 5) is 27.3. The van der Waals surface area contributed by atoms with E-state index in [2.05, 4.69) is 20.3 Å². The Morgan fingerprint density at radius 1 is 1.08 bits per heavy atom. The zero-order valence-electron chi connectivity index (χ0n) is 13.9. The van der Waals surface area contributed by atoms with Crippen molar-refractivity contribution in [2.45, 2.75) is 13.5 Å². The van der Waals surface area contributed by atoms with Crippen molar-refractivity contribution < 1.29 is 4.79 Å². The van der Waals surface area contributed by atoms with Gasteiger partial charge in [-0.05, 0) is 25.1 Å². The van der Waals surface area contributed by atoms with Crippen molar-refractivity contribution in [1.29, 1.82) is 0 Å². The minimum atomic E-state index is -0.219. The minimum Gasteiger partial charge on any atom is -0.347 e. The number of benzene rings is 1. The van der Waals surface area contributed by atoms with Crippen LogP contribution in [0.5, 0.6) is 0 Å². The fourth-order valence-electron chi connectivity index (χ4n) is 2.36. The molecule has 0 aliphatic heterocycles. The summed E-state index contributed by atoms with van der Waals surface area (Å²) in [5.74, 6) is 0.409. The third-order valence-electron chi connectivity index (χ3n) is 3.56. The Morgan fingerprint density at radius 2 is 1.88 bits per heavy atom. The first-order valence-corrected chi connectivity index (χ1v) is 7.69. The molecule has 0 saturated carbocycles. The summed E-state index contributed by atoms with van der Waals surface area (Å²) in [7, 11) is 3.77. The van der Waals surface area contributed by atoms with Gasteiger partial charge in [0.25, 0.3) is 5.91 Å². The molecule has 6 heteroatoms.